The molecule has 6 heteroatoms. The predicted octanol–water partition coefficient (Wildman–Crippen LogP) is 5.25. The maximum absolute atomic E-state index is 12.5. The van der Waals surface area contributed by atoms with Crippen LogP contribution >= 0.6 is 31.9 Å². The van der Waals surface area contributed by atoms with Crippen molar-refractivity contribution in [2.24, 2.45) is 0 Å². The SMILES string of the molecule is CC(=O)c1cc(F)ccc1Br.N#Cc1cc(F)ccc1Br. The number of nitriles is 1. The van der Waals surface area contributed by atoms with Gasteiger partial charge in [-0.1, -0.05) is 15.9 Å². The van der Waals surface area contributed by atoms with E-state index < -0.39 is 5.82 Å². The second-order valence-electron chi connectivity index (χ2n) is 3.92. The van der Waals surface area contributed by atoms with Crippen LogP contribution in [0.2, 0.25) is 0 Å². The number of Topliss-reactive ketones (excluding diaryl/α,β-unsaturated/α-hetero) is 1. The maximum atomic E-state index is 12.5. The lowest BCUT2D eigenvalue weighted by Gasteiger charge is -1.98. The summed E-state index contributed by atoms with van der Waals surface area (Å²) in [6.07, 6.45) is 0. The molecule has 0 N–H and O–H groups in total. The van der Waals surface area contributed by atoms with E-state index in [2.05, 4.69) is 31.9 Å². The number of hydrogen-bond donors (Lipinski definition) is 0. The molecule has 0 amide bonds. The van der Waals surface area contributed by atoms with Crippen LogP contribution < -0.4 is 0 Å². The first-order valence-corrected chi connectivity index (χ1v) is 7.25. The van der Waals surface area contributed by atoms with Crippen molar-refractivity contribution in [1.82, 2.24) is 0 Å². The molecule has 2 aromatic carbocycles. The summed E-state index contributed by atoms with van der Waals surface area (Å²) < 4.78 is 26.1. The minimum absolute atomic E-state index is 0.142. The van der Waals surface area contributed by atoms with E-state index in [1.165, 1.54) is 43.3 Å². The van der Waals surface area contributed by atoms with Crippen LogP contribution in [0.1, 0.15) is 22.8 Å². The molecular formula is C15H9Br2F2NO. The second kappa shape index (κ2) is 8.01. The van der Waals surface area contributed by atoms with Gasteiger partial charge in [0.1, 0.15) is 17.7 Å². The van der Waals surface area contributed by atoms with E-state index in [1.807, 2.05) is 6.07 Å². The van der Waals surface area contributed by atoms with Crippen LogP contribution in [0.3, 0.4) is 0 Å². The molecule has 2 rings (SSSR count). The molecule has 0 bridgehead atoms. The van der Waals surface area contributed by atoms with Gasteiger partial charge in [-0.2, -0.15) is 5.26 Å². The Morgan fingerprint density at radius 3 is 2.00 bits per heavy atom. The van der Waals surface area contributed by atoms with E-state index in [4.69, 9.17) is 5.26 Å². The third-order valence-electron chi connectivity index (χ3n) is 2.36. The first-order valence-electron chi connectivity index (χ1n) is 5.66. The number of halogens is 4. The van der Waals surface area contributed by atoms with Crippen LogP contribution in [0.5, 0.6) is 0 Å². The average Bonchev–Trinajstić information content (AvgIpc) is 2.44. The summed E-state index contributed by atoms with van der Waals surface area (Å²) >= 11 is 6.24. The highest BCUT2D eigenvalue weighted by atomic mass is 79.9. The number of hydrogen-bond acceptors (Lipinski definition) is 2. The largest absolute Gasteiger partial charge is 0.294 e. The zero-order valence-corrected chi connectivity index (χ0v) is 14.0. The van der Waals surface area contributed by atoms with Crippen LogP contribution in [0.25, 0.3) is 0 Å². The highest BCUT2D eigenvalue weighted by Crippen LogP contribution is 2.18. The Balaban J connectivity index is 0.000000211. The monoisotopic (exact) mass is 415 g/mol. The van der Waals surface area contributed by atoms with Crippen molar-refractivity contribution in [1.29, 1.82) is 5.26 Å². The highest BCUT2D eigenvalue weighted by Gasteiger charge is 2.05. The van der Waals surface area contributed by atoms with Gasteiger partial charge in [-0.05, 0) is 59.3 Å². The second-order valence-corrected chi connectivity index (χ2v) is 5.62. The minimum Gasteiger partial charge on any atom is -0.294 e. The van der Waals surface area contributed by atoms with Gasteiger partial charge in [0.15, 0.2) is 5.78 Å². The molecule has 0 radical (unpaired) electrons. The van der Waals surface area contributed by atoms with E-state index >= 15 is 0 Å². The Morgan fingerprint density at radius 2 is 1.57 bits per heavy atom. The fourth-order valence-corrected chi connectivity index (χ4v) is 2.21. The van der Waals surface area contributed by atoms with Gasteiger partial charge >= 0.3 is 0 Å². The molecule has 0 spiro atoms. The van der Waals surface area contributed by atoms with Crippen molar-refractivity contribution < 1.29 is 13.6 Å². The van der Waals surface area contributed by atoms with Crippen LogP contribution in [-0.4, -0.2) is 5.78 Å². The van der Waals surface area contributed by atoms with Gasteiger partial charge in [0.25, 0.3) is 0 Å². The molecule has 0 unspecified atom stereocenters. The number of ketones is 1. The molecule has 0 aromatic heterocycles. The molecule has 108 valence electrons. The Labute approximate surface area is 137 Å². The maximum Gasteiger partial charge on any atom is 0.161 e. The van der Waals surface area contributed by atoms with Crippen LogP contribution in [-0.2, 0) is 0 Å². The molecule has 0 heterocycles. The number of carbonyl (C=O) groups is 1. The van der Waals surface area contributed by atoms with E-state index in [0.29, 0.717) is 20.1 Å². The zero-order chi connectivity index (χ0) is 16.0. The van der Waals surface area contributed by atoms with E-state index in [0.717, 1.165) is 0 Å². The third kappa shape index (κ3) is 5.37. The fourth-order valence-electron chi connectivity index (χ4n) is 1.35. The van der Waals surface area contributed by atoms with E-state index in [-0.39, 0.29) is 11.6 Å². The summed E-state index contributed by atoms with van der Waals surface area (Å²) in [6.45, 7) is 1.40. The molecule has 0 fully saturated rings. The van der Waals surface area contributed by atoms with Crippen molar-refractivity contribution >= 4 is 37.6 Å². The van der Waals surface area contributed by atoms with Gasteiger partial charge in [-0.3, -0.25) is 4.79 Å². The van der Waals surface area contributed by atoms with E-state index in [9.17, 15) is 13.6 Å². The van der Waals surface area contributed by atoms with Crippen molar-refractivity contribution in [3.8, 4) is 6.07 Å². The summed E-state index contributed by atoms with van der Waals surface area (Å²) in [4.78, 5) is 10.8. The summed E-state index contributed by atoms with van der Waals surface area (Å²) in [5.74, 6) is -0.922. The Hall–Kier alpha value is -1.58. The number of rotatable bonds is 1. The Kier molecular flexibility index (Phi) is 6.66. The van der Waals surface area contributed by atoms with Gasteiger partial charge in [-0.15, -0.1) is 0 Å². The van der Waals surface area contributed by atoms with Crippen LogP contribution in [0.15, 0.2) is 45.3 Å². The first kappa shape index (κ1) is 17.5. The summed E-state index contributed by atoms with van der Waals surface area (Å²) in [5, 5.41) is 8.40. The average molecular weight is 417 g/mol. The van der Waals surface area contributed by atoms with Gasteiger partial charge in [0.05, 0.1) is 5.56 Å². The topological polar surface area (TPSA) is 40.9 Å². The van der Waals surface area contributed by atoms with Gasteiger partial charge in [0.2, 0.25) is 0 Å². The highest BCUT2D eigenvalue weighted by molar-refractivity contribution is 9.10. The summed E-state index contributed by atoms with van der Waals surface area (Å²) in [7, 11) is 0. The lowest BCUT2D eigenvalue weighted by Crippen LogP contribution is -1.93. The number of nitrogens with zero attached hydrogens (tertiary/aromatic N) is 1. The standard InChI is InChI=1S/C8H6BrFO.C7H3BrFN/c1-5(11)7-4-6(10)2-3-8(7)9;8-7-2-1-6(9)3-5(7)4-10/h2-4H,1H3;1-3H. The molecule has 0 aliphatic carbocycles. The normalized spacial score (nSPS) is 9.33. The van der Waals surface area contributed by atoms with Crippen molar-refractivity contribution in [3.05, 3.63) is 68.1 Å². The Morgan fingerprint density at radius 1 is 1.05 bits per heavy atom. The summed E-state index contributed by atoms with van der Waals surface area (Å²) in [6, 6.07) is 9.87. The first-order chi connectivity index (χ1) is 9.85. The Bertz CT molecular complexity index is 711. The molecule has 2 nitrogen and oxygen atoms in total. The molecule has 0 saturated carbocycles. The van der Waals surface area contributed by atoms with Crippen molar-refractivity contribution in [2.45, 2.75) is 6.92 Å². The zero-order valence-electron chi connectivity index (χ0n) is 10.8. The summed E-state index contributed by atoms with van der Waals surface area (Å²) in [5.41, 5.74) is 0.699. The van der Waals surface area contributed by atoms with Crippen molar-refractivity contribution in [3.63, 3.8) is 0 Å². The molecule has 0 atom stereocenters. The van der Waals surface area contributed by atoms with Gasteiger partial charge < -0.3 is 0 Å². The van der Waals surface area contributed by atoms with Crippen molar-refractivity contribution in [2.75, 3.05) is 0 Å². The molecule has 0 aliphatic rings. The molecule has 0 saturated heterocycles. The third-order valence-corrected chi connectivity index (χ3v) is 3.74. The smallest absolute Gasteiger partial charge is 0.161 e. The lowest BCUT2D eigenvalue weighted by atomic mass is 10.1. The molecule has 21 heavy (non-hydrogen) atoms. The van der Waals surface area contributed by atoms with Gasteiger partial charge in [0, 0.05) is 14.5 Å². The minimum atomic E-state index is -0.390. The quantitative estimate of drug-likeness (QED) is 0.595. The predicted molar refractivity (Wildman–Crippen MR) is 82.9 cm³/mol. The van der Waals surface area contributed by atoms with Crippen LogP contribution in [0, 0.1) is 23.0 Å². The van der Waals surface area contributed by atoms with Crippen LogP contribution in [0.4, 0.5) is 8.78 Å². The lowest BCUT2D eigenvalue weighted by molar-refractivity contribution is 0.101. The fraction of sp³-hybridized carbons (Fsp3) is 0.0667. The van der Waals surface area contributed by atoms with Gasteiger partial charge in [-0.25, -0.2) is 8.78 Å². The molecule has 0 aliphatic heterocycles. The number of carbonyl (C=O) groups excluding carboxylic acids is 1. The van der Waals surface area contributed by atoms with E-state index in [1.54, 1.807) is 0 Å². The molecule has 2 aromatic rings. The molecular weight excluding hydrogens is 408 g/mol. The number of benzene rings is 2.